The fourth-order valence-corrected chi connectivity index (χ4v) is 3.18. The van der Waals surface area contributed by atoms with E-state index >= 15 is 0 Å². The number of halogens is 1. The van der Waals surface area contributed by atoms with Crippen molar-refractivity contribution in [2.24, 2.45) is 0 Å². The Morgan fingerprint density at radius 3 is 2.45 bits per heavy atom. The molecule has 2 N–H and O–H groups in total. The number of ether oxygens (including phenoxy) is 1. The Hall–Kier alpha value is -2.86. The molecule has 0 saturated heterocycles. The van der Waals surface area contributed by atoms with E-state index in [-0.39, 0.29) is 17.9 Å². The molecule has 0 spiro atoms. The van der Waals surface area contributed by atoms with Crippen LogP contribution in [-0.4, -0.2) is 17.2 Å². The molecule has 0 atom stereocenters. The van der Waals surface area contributed by atoms with Crippen LogP contribution in [0.1, 0.15) is 37.0 Å². The van der Waals surface area contributed by atoms with Crippen LogP contribution in [0, 0.1) is 6.92 Å². The van der Waals surface area contributed by atoms with Crippen LogP contribution in [0.3, 0.4) is 0 Å². The average molecular weight is 458 g/mol. The molecule has 0 radical (unpaired) electrons. The van der Waals surface area contributed by atoms with Crippen molar-refractivity contribution in [2.45, 2.75) is 33.8 Å². The molecular weight excluding hydrogens is 434 g/mol. The van der Waals surface area contributed by atoms with Gasteiger partial charge in [-0.3, -0.25) is 5.32 Å². The van der Waals surface area contributed by atoms with Gasteiger partial charge >= 0.3 is 12.1 Å². The zero-order chi connectivity index (χ0) is 21.4. The number of carbonyl (C=O) groups is 2. The van der Waals surface area contributed by atoms with Gasteiger partial charge in [0.2, 0.25) is 0 Å². The van der Waals surface area contributed by atoms with E-state index in [0.29, 0.717) is 12.0 Å². The Balaban J connectivity index is 2.35. The van der Waals surface area contributed by atoms with Crippen LogP contribution in [-0.2, 0) is 16.1 Å². The molecule has 0 aliphatic carbocycles. The van der Waals surface area contributed by atoms with Gasteiger partial charge in [-0.1, -0.05) is 64.8 Å². The second kappa shape index (κ2) is 10.6. The minimum atomic E-state index is -1.10. The molecule has 6 heteroatoms. The van der Waals surface area contributed by atoms with Gasteiger partial charge in [-0.25, -0.2) is 9.59 Å². The maximum atomic E-state index is 12.4. The second-order valence-corrected chi connectivity index (χ2v) is 7.48. The fraction of sp³-hybridized carbons (Fsp3) is 0.217. The average Bonchev–Trinajstić information content (AvgIpc) is 2.69. The topological polar surface area (TPSA) is 75.6 Å². The summed E-state index contributed by atoms with van der Waals surface area (Å²) in [5.41, 5.74) is 3.49. The number of rotatable bonds is 7. The lowest BCUT2D eigenvalue weighted by Gasteiger charge is -2.15. The van der Waals surface area contributed by atoms with Crippen LogP contribution in [0.15, 0.2) is 69.8 Å². The van der Waals surface area contributed by atoms with Crippen LogP contribution in [0.5, 0.6) is 0 Å². The number of hydrogen-bond donors (Lipinski definition) is 2. The van der Waals surface area contributed by atoms with Crippen molar-refractivity contribution in [3.63, 3.8) is 0 Å². The minimum Gasteiger partial charge on any atom is -0.478 e. The lowest BCUT2D eigenvalue weighted by molar-refractivity contribution is -0.132. The summed E-state index contributed by atoms with van der Waals surface area (Å²) >= 11 is 3.42. The van der Waals surface area contributed by atoms with Crippen molar-refractivity contribution in [3.8, 4) is 0 Å². The monoisotopic (exact) mass is 457 g/mol. The smallest absolute Gasteiger partial charge is 0.411 e. The Morgan fingerprint density at radius 2 is 1.86 bits per heavy atom. The number of alkyl carbamates (subject to hydrolysis) is 1. The summed E-state index contributed by atoms with van der Waals surface area (Å²) in [4.78, 5) is 24.3. The first-order valence-corrected chi connectivity index (χ1v) is 10.00. The quantitative estimate of drug-likeness (QED) is 0.404. The third-order valence-electron chi connectivity index (χ3n) is 4.42. The zero-order valence-electron chi connectivity index (χ0n) is 16.7. The molecule has 0 aromatic heterocycles. The summed E-state index contributed by atoms with van der Waals surface area (Å²) in [6.07, 6.45) is 1.49. The number of aryl methyl sites for hydroxylation is 1. The van der Waals surface area contributed by atoms with Gasteiger partial charge in [0, 0.05) is 4.47 Å². The molecule has 29 heavy (non-hydrogen) atoms. The molecule has 5 nitrogen and oxygen atoms in total. The van der Waals surface area contributed by atoms with Crippen LogP contribution in [0.2, 0.25) is 0 Å². The number of hydrogen-bond acceptors (Lipinski definition) is 3. The Labute approximate surface area is 179 Å². The fourth-order valence-electron chi connectivity index (χ4n) is 2.70. The predicted octanol–water partition coefficient (Wildman–Crippen LogP) is 5.84. The SMILES string of the molecule is CC/C(C)=C(C(=O)O)/C(=C\c1ccc(Br)cc1C)NC(=O)OCc1ccccc1. The van der Waals surface area contributed by atoms with Crippen LogP contribution >= 0.6 is 15.9 Å². The highest BCUT2D eigenvalue weighted by atomic mass is 79.9. The van der Waals surface area contributed by atoms with Crippen molar-refractivity contribution in [2.75, 3.05) is 0 Å². The lowest BCUT2D eigenvalue weighted by Crippen LogP contribution is -2.27. The van der Waals surface area contributed by atoms with Crippen molar-refractivity contribution in [1.29, 1.82) is 0 Å². The molecule has 0 heterocycles. The normalized spacial score (nSPS) is 12.2. The Kier molecular flexibility index (Phi) is 8.21. The molecule has 1 amide bonds. The van der Waals surface area contributed by atoms with E-state index in [4.69, 9.17) is 4.74 Å². The molecule has 152 valence electrons. The molecular formula is C23H24BrNO4. The van der Waals surface area contributed by atoms with Crippen molar-refractivity contribution >= 4 is 34.1 Å². The van der Waals surface area contributed by atoms with E-state index in [1.165, 1.54) is 0 Å². The first kappa shape index (κ1) is 22.4. The molecule has 0 bridgehead atoms. The number of benzene rings is 2. The third kappa shape index (κ3) is 6.61. The van der Waals surface area contributed by atoms with Gasteiger partial charge in [-0.2, -0.15) is 0 Å². The first-order chi connectivity index (χ1) is 13.8. The van der Waals surface area contributed by atoms with Gasteiger partial charge in [0.05, 0.1) is 11.3 Å². The van der Waals surface area contributed by atoms with Crippen LogP contribution in [0.25, 0.3) is 6.08 Å². The summed E-state index contributed by atoms with van der Waals surface area (Å²) in [5.74, 6) is -1.10. The lowest BCUT2D eigenvalue weighted by atomic mass is 10.0. The van der Waals surface area contributed by atoms with Gasteiger partial charge in [-0.15, -0.1) is 0 Å². The van der Waals surface area contributed by atoms with Gasteiger partial charge in [0.1, 0.15) is 6.61 Å². The highest BCUT2D eigenvalue weighted by Gasteiger charge is 2.19. The van der Waals surface area contributed by atoms with Gasteiger partial charge in [0.25, 0.3) is 0 Å². The van der Waals surface area contributed by atoms with Gasteiger partial charge < -0.3 is 9.84 Å². The van der Waals surface area contributed by atoms with Gasteiger partial charge in [0.15, 0.2) is 0 Å². The van der Waals surface area contributed by atoms with E-state index in [2.05, 4.69) is 21.2 Å². The Morgan fingerprint density at radius 1 is 1.17 bits per heavy atom. The molecule has 0 unspecified atom stereocenters. The van der Waals surface area contributed by atoms with Gasteiger partial charge in [-0.05, 0) is 55.2 Å². The van der Waals surface area contributed by atoms with E-state index in [9.17, 15) is 14.7 Å². The number of aliphatic carboxylic acids is 1. The molecule has 2 aromatic rings. The van der Waals surface area contributed by atoms with Crippen LogP contribution in [0.4, 0.5) is 4.79 Å². The molecule has 2 rings (SSSR count). The maximum Gasteiger partial charge on any atom is 0.411 e. The number of nitrogens with one attached hydrogen (secondary N) is 1. The number of carbonyl (C=O) groups excluding carboxylic acids is 1. The van der Waals surface area contributed by atoms with E-state index in [1.807, 2.05) is 62.4 Å². The Bertz CT molecular complexity index is 949. The first-order valence-electron chi connectivity index (χ1n) is 9.20. The molecule has 0 aliphatic heterocycles. The highest BCUT2D eigenvalue weighted by molar-refractivity contribution is 9.10. The summed E-state index contributed by atoms with van der Waals surface area (Å²) < 4.78 is 6.19. The van der Waals surface area contributed by atoms with Crippen LogP contribution < -0.4 is 5.32 Å². The maximum absolute atomic E-state index is 12.4. The summed E-state index contributed by atoms with van der Waals surface area (Å²) in [6.45, 7) is 5.62. The number of allylic oxidation sites excluding steroid dienone is 1. The summed E-state index contributed by atoms with van der Waals surface area (Å²) in [5, 5.41) is 12.4. The number of carboxylic acid groups (broad SMARTS) is 1. The molecule has 0 saturated carbocycles. The summed E-state index contributed by atoms with van der Waals surface area (Å²) in [6, 6.07) is 14.9. The predicted molar refractivity (Wildman–Crippen MR) is 117 cm³/mol. The molecule has 0 fully saturated rings. The summed E-state index contributed by atoms with van der Waals surface area (Å²) in [7, 11) is 0. The second-order valence-electron chi connectivity index (χ2n) is 6.56. The molecule has 2 aromatic carbocycles. The molecule has 0 aliphatic rings. The van der Waals surface area contributed by atoms with Crippen molar-refractivity contribution in [3.05, 3.63) is 86.5 Å². The highest BCUT2D eigenvalue weighted by Crippen LogP contribution is 2.23. The standard InChI is InChI=1S/C23H24BrNO4/c1-4-15(2)21(22(26)27)20(13-18-10-11-19(24)12-16(18)3)25-23(28)29-14-17-8-6-5-7-9-17/h5-13H,4,14H2,1-3H3,(H,25,28)(H,26,27)/b20-13+,21-15-. The van der Waals surface area contributed by atoms with E-state index in [1.54, 1.807) is 13.0 Å². The third-order valence-corrected chi connectivity index (χ3v) is 4.91. The largest absolute Gasteiger partial charge is 0.478 e. The number of carboxylic acids is 1. The van der Waals surface area contributed by atoms with E-state index < -0.39 is 12.1 Å². The van der Waals surface area contributed by atoms with Crippen molar-refractivity contribution < 1.29 is 19.4 Å². The van der Waals surface area contributed by atoms with E-state index in [0.717, 1.165) is 21.2 Å². The number of amides is 1. The minimum absolute atomic E-state index is 0.0616. The van der Waals surface area contributed by atoms with Crippen molar-refractivity contribution in [1.82, 2.24) is 5.32 Å². The zero-order valence-corrected chi connectivity index (χ0v) is 18.2.